The number of hydrogen-bond donors (Lipinski definition) is 1. The van der Waals surface area contributed by atoms with Crippen LogP contribution in [0.15, 0.2) is 36.5 Å². The Labute approximate surface area is 87.2 Å². The summed E-state index contributed by atoms with van der Waals surface area (Å²) in [7, 11) is -0.0475. The minimum absolute atomic E-state index is 0.0327. The predicted octanol–water partition coefficient (Wildman–Crippen LogP) is -0.00920. The minimum atomic E-state index is -0.0475. The van der Waals surface area contributed by atoms with Crippen molar-refractivity contribution in [3.63, 3.8) is 0 Å². The van der Waals surface area contributed by atoms with E-state index < -0.39 is 0 Å². The molecule has 4 heteroatoms. The smallest absolute Gasteiger partial charge is 0.306 e. The van der Waals surface area contributed by atoms with E-state index in [1.807, 2.05) is 22.9 Å². The van der Waals surface area contributed by atoms with E-state index in [1.54, 1.807) is 18.2 Å². The molecule has 0 amide bonds. The zero-order valence-corrected chi connectivity index (χ0v) is 7.97. The van der Waals surface area contributed by atoms with Crippen LogP contribution in [0.2, 0.25) is 0 Å². The number of ketones is 1. The molecule has 0 radical (unpaired) electrons. The maximum Gasteiger partial charge on any atom is 0.306 e. The topological polar surface area (TPSA) is 42.2 Å². The van der Waals surface area contributed by atoms with Crippen molar-refractivity contribution in [2.45, 2.75) is 0 Å². The number of hydrogen-bond acceptors (Lipinski definition) is 2. The summed E-state index contributed by atoms with van der Waals surface area (Å²) in [6.45, 7) is 0. The van der Waals surface area contributed by atoms with E-state index in [-0.39, 0.29) is 13.3 Å². The van der Waals surface area contributed by atoms with Gasteiger partial charge in [0.1, 0.15) is 0 Å². The number of para-hydroxylation sites is 1. The Balaban J connectivity index is 2.39. The molecule has 3 rings (SSSR count). The van der Waals surface area contributed by atoms with Gasteiger partial charge in [0, 0.05) is 11.8 Å². The van der Waals surface area contributed by atoms with Crippen molar-refractivity contribution in [2.24, 2.45) is 0 Å². The Morgan fingerprint density at radius 1 is 1.20 bits per heavy atom. The average molecular weight is 197 g/mol. The molecule has 2 aromatic rings. The van der Waals surface area contributed by atoms with E-state index in [2.05, 4.69) is 0 Å². The lowest BCUT2D eigenvalue weighted by molar-refractivity contribution is 0.104. The number of rotatable bonds is 1. The third kappa shape index (κ3) is 0.968. The summed E-state index contributed by atoms with van der Waals surface area (Å²) in [5.74, 6) is 0.0327. The molecule has 2 heterocycles. The van der Waals surface area contributed by atoms with Gasteiger partial charge < -0.3 is 9.59 Å². The number of benzene rings is 1. The van der Waals surface area contributed by atoms with E-state index in [9.17, 15) is 9.82 Å². The van der Waals surface area contributed by atoms with E-state index in [0.717, 1.165) is 11.2 Å². The number of nitrogens with zero attached hydrogens (tertiary/aromatic N) is 1. The first-order valence-electron chi connectivity index (χ1n) is 4.78. The number of carbonyl (C=O) groups is 1. The first kappa shape index (κ1) is 8.50. The summed E-state index contributed by atoms with van der Waals surface area (Å²) in [5, 5.41) is 9.23. The highest BCUT2D eigenvalue weighted by molar-refractivity contribution is 6.48. The highest BCUT2D eigenvalue weighted by Crippen LogP contribution is 2.26. The van der Waals surface area contributed by atoms with E-state index in [4.69, 9.17) is 0 Å². The van der Waals surface area contributed by atoms with Gasteiger partial charge in [-0.1, -0.05) is 12.1 Å². The van der Waals surface area contributed by atoms with Crippen molar-refractivity contribution in [1.29, 1.82) is 0 Å². The fourth-order valence-electron chi connectivity index (χ4n) is 2.09. The lowest BCUT2D eigenvalue weighted by atomic mass is 9.85. The number of fused-ring (bicyclic) bond motifs is 3. The molecule has 1 aromatic carbocycles. The van der Waals surface area contributed by atoms with Gasteiger partial charge in [0.2, 0.25) is 5.78 Å². The van der Waals surface area contributed by atoms with Gasteiger partial charge in [-0.25, -0.2) is 0 Å². The van der Waals surface area contributed by atoms with E-state index >= 15 is 0 Å². The van der Waals surface area contributed by atoms with Gasteiger partial charge in [-0.15, -0.1) is 0 Å². The molecule has 1 aromatic heterocycles. The largest absolute Gasteiger partial charge is 0.449 e. The van der Waals surface area contributed by atoms with Gasteiger partial charge in [-0.05, 0) is 23.7 Å². The third-order valence-corrected chi connectivity index (χ3v) is 2.76. The van der Waals surface area contributed by atoms with Gasteiger partial charge >= 0.3 is 7.48 Å². The molecular formula is C11H8BNO2. The Morgan fingerprint density at radius 3 is 2.87 bits per heavy atom. The minimum Gasteiger partial charge on any atom is -0.449 e. The second kappa shape index (κ2) is 2.84. The third-order valence-electron chi connectivity index (χ3n) is 2.76. The van der Waals surface area contributed by atoms with Crippen LogP contribution in [0.3, 0.4) is 0 Å². The Kier molecular flexibility index (Phi) is 1.61. The summed E-state index contributed by atoms with van der Waals surface area (Å²) < 4.78 is 1.84. The summed E-state index contributed by atoms with van der Waals surface area (Å²) in [6.07, 6.45) is 1.85. The second-order valence-corrected chi connectivity index (χ2v) is 3.56. The first-order chi connectivity index (χ1) is 7.33. The SMILES string of the molecule is O=C1c2cccc(BO)c2-n2cccc21. The summed E-state index contributed by atoms with van der Waals surface area (Å²) in [6, 6.07) is 9.06. The fourth-order valence-corrected chi connectivity index (χ4v) is 2.09. The van der Waals surface area contributed by atoms with Crippen LogP contribution in [-0.2, 0) is 0 Å². The van der Waals surface area contributed by atoms with Crippen molar-refractivity contribution < 1.29 is 9.82 Å². The first-order valence-corrected chi connectivity index (χ1v) is 4.78. The number of carbonyl (C=O) groups excluding carboxylic acids is 1. The molecule has 0 bridgehead atoms. The Bertz CT molecular complexity index is 559. The zero-order valence-electron chi connectivity index (χ0n) is 7.97. The van der Waals surface area contributed by atoms with Crippen LogP contribution < -0.4 is 5.46 Å². The standard InChI is InChI=1S/C11H8BNO2/c14-11-7-3-1-4-8(12-15)10(7)13-6-2-5-9(11)13/h1-6,12,15H. The van der Waals surface area contributed by atoms with Crippen molar-refractivity contribution >= 4 is 18.7 Å². The van der Waals surface area contributed by atoms with Gasteiger partial charge in [-0.2, -0.15) is 0 Å². The maximum atomic E-state index is 11.9. The van der Waals surface area contributed by atoms with E-state index in [1.165, 1.54) is 0 Å². The second-order valence-electron chi connectivity index (χ2n) is 3.56. The lowest BCUT2D eigenvalue weighted by Gasteiger charge is -2.05. The predicted molar refractivity (Wildman–Crippen MR) is 58.2 cm³/mol. The van der Waals surface area contributed by atoms with Gasteiger partial charge in [0.05, 0.1) is 11.4 Å². The molecule has 0 saturated heterocycles. The van der Waals surface area contributed by atoms with Crippen molar-refractivity contribution in [2.75, 3.05) is 0 Å². The van der Waals surface area contributed by atoms with Crippen LogP contribution in [0.1, 0.15) is 16.1 Å². The van der Waals surface area contributed by atoms with Gasteiger partial charge in [0.15, 0.2) is 0 Å². The van der Waals surface area contributed by atoms with Crippen molar-refractivity contribution in [3.8, 4) is 5.69 Å². The van der Waals surface area contributed by atoms with Crippen LogP contribution in [0, 0.1) is 0 Å². The normalized spacial score (nSPS) is 12.5. The van der Waals surface area contributed by atoms with Gasteiger partial charge in [0.25, 0.3) is 0 Å². The van der Waals surface area contributed by atoms with Crippen LogP contribution in [0.25, 0.3) is 5.69 Å². The summed E-state index contributed by atoms with van der Waals surface area (Å²) in [5.41, 5.74) is 2.96. The Hall–Kier alpha value is -1.81. The molecular weight excluding hydrogens is 189 g/mol. The molecule has 0 aliphatic carbocycles. The Morgan fingerprint density at radius 2 is 2.07 bits per heavy atom. The van der Waals surface area contributed by atoms with Crippen molar-refractivity contribution in [3.05, 3.63) is 47.8 Å². The average Bonchev–Trinajstić information content (AvgIpc) is 2.83. The molecule has 0 fully saturated rings. The zero-order chi connectivity index (χ0) is 10.4. The molecule has 1 aliphatic rings. The van der Waals surface area contributed by atoms with Crippen LogP contribution in [0.4, 0.5) is 0 Å². The molecule has 0 unspecified atom stereocenters. The monoisotopic (exact) mass is 197 g/mol. The summed E-state index contributed by atoms with van der Waals surface area (Å²) in [4.78, 5) is 11.9. The molecule has 0 spiro atoms. The van der Waals surface area contributed by atoms with Gasteiger partial charge in [-0.3, -0.25) is 4.79 Å². The highest BCUT2D eigenvalue weighted by atomic mass is 16.2. The number of aromatic nitrogens is 1. The summed E-state index contributed by atoms with van der Waals surface area (Å²) >= 11 is 0. The van der Waals surface area contributed by atoms with Crippen molar-refractivity contribution in [1.82, 2.24) is 4.57 Å². The molecule has 3 nitrogen and oxygen atoms in total. The lowest BCUT2D eigenvalue weighted by Crippen LogP contribution is -2.19. The molecule has 1 aliphatic heterocycles. The van der Waals surface area contributed by atoms with Crippen LogP contribution >= 0.6 is 0 Å². The fraction of sp³-hybridized carbons (Fsp3) is 0. The van der Waals surface area contributed by atoms with Crippen LogP contribution in [0.5, 0.6) is 0 Å². The maximum absolute atomic E-state index is 11.9. The molecule has 0 atom stereocenters. The molecule has 15 heavy (non-hydrogen) atoms. The van der Waals surface area contributed by atoms with Crippen LogP contribution in [-0.4, -0.2) is 22.9 Å². The molecule has 1 N–H and O–H groups in total. The molecule has 72 valence electrons. The van der Waals surface area contributed by atoms with E-state index in [0.29, 0.717) is 11.3 Å². The highest BCUT2D eigenvalue weighted by Gasteiger charge is 2.27. The molecule has 0 saturated carbocycles. The quantitative estimate of drug-likeness (QED) is 0.557.